The van der Waals surface area contributed by atoms with Gasteiger partial charge in [-0.05, 0) is 54.7 Å². The molecule has 0 spiro atoms. The fourth-order valence-electron chi connectivity index (χ4n) is 2.44. The van der Waals surface area contributed by atoms with Gasteiger partial charge in [0, 0.05) is 10.6 Å². The summed E-state index contributed by atoms with van der Waals surface area (Å²) in [6.45, 7) is 1.95. The maximum atomic E-state index is 12.5. The number of carbonyl (C=O) groups is 1. The molecular formula is C19H21NOS3. The van der Waals surface area contributed by atoms with Crippen LogP contribution in [-0.2, 0) is 4.79 Å². The maximum Gasteiger partial charge on any atom is 0.237 e. The lowest BCUT2D eigenvalue weighted by molar-refractivity contribution is -0.115. The predicted octanol–water partition coefficient (Wildman–Crippen LogP) is 5.67. The molecule has 1 fully saturated rings. The largest absolute Gasteiger partial charge is 0.325 e. The first-order valence-electron chi connectivity index (χ1n) is 8.08. The minimum Gasteiger partial charge on any atom is -0.325 e. The molecule has 2 aromatic carbocycles. The predicted molar refractivity (Wildman–Crippen MR) is 109 cm³/mol. The quantitative estimate of drug-likeness (QED) is 0.681. The highest BCUT2D eigenvalue weighted by molar-refractivity contribution is 8.16. The molecule has 2 nitrogen and oxygen atoms in total. The number of rotatable bonds is 5. The van der Waals surface area contributed by atoms with Crippen molar-refractivity contribution in [2.75, 3.05) is 16.8 Å². The number of nitrogens with one attached hydrogen (secondary N) is 1. The van der Waals surface area contributed by atoms with Crippen molar-refractivity contribution >= 4 is 46.9 Å². The summed E-state index contributed by atoms with van der Waals surface area (Å²) < 4.78 is 0.492. The molecule has 0 aromatic heterocycles. The van der Waals surface area contributed by atoms with Crippen molar-refractivity contribution in [3.63, 3.8) is 0 Å². The zero-order chi connectivity index (χ0) is 16.8. The van der Waals surface area contributed by atoms with E-state index in [4.69, 9.17) is 0 Å². The number of benzene rings is 2. The molecule has 0 saturated carbocycles. The summed E-state index contributed by atoms with van der Waals surface area (Å²) in [5, 5.41) is 2.93. The fraction of sp³-hybridized carbons (Fsp3) is 0.316. The third-order valence-corrected chi connectivity index (χ3v) is 7.81. The summed E-state index contributed by atoms with van der Waals surface area (Å²) in [6.07, 6.45) is 1.29. The van der Waals surface area contributed by atoms with Crippen LogP contribution in [0.5, 0.6) is 0 Å². The molecule has 1 unspecified atom stereocenters. The summed E-state index contributed by atoms with van der Waals surface area (Å²) in [4.78, 5) is 13.6. The van der Waals surface area contributed by atoms with Gasteiger partial charge >= 0.3 is 0 Å². The van der Waals surface area contributed by atoms with Crippen LogP contribution in [0.2, 0.25) is 0 Å². The van der Waals surface area contributed by atoms with E-state index in [1.54, 1.807) is 11.8 Å². The molecular weight excluding hydrogens is 354 g/mol. The standard InChI is InChI=1S/C19H21NOS3/c1-14(24-17-9-3-2-4-10-17)18(21)20-16-8-5-7-15(13-16)19-22-11-6-12-23-19/h2-5,7-10,13-14,19H,6,11-12H2,1H3,(H,20,21). The Morgan fingerprint density at radius 2 is 1.88 bits per heavy atom. The van der Waals surface area contributed by atoms with Gasteiger partial charge in [0.1, 0.15) is 0 Å². The van der Waals surface area contributed by atoms with Crippen LogP contribution in [0, 0.1) is 0 Å². The second-order valence-corrected chi connectivity index (χ2v) is 9.75. The average molecular weight is 376 g/mol. The molecule has 1 atom stereocenters. The lowest BCUT2D eigenvalue weighted by atomic mass is 10.2. The Morgan fingerprint density at radius 1 is 1.12 bits per heavy atom. The number of thioether (sulfide) groups is 3. The lowest BCUT2D eigenvalue weighted by Crippen LogP contribution is -2.22. The van der Waals surface area contributed by atoms with Crippen molar-refractivity contribution in [2.45, 2.75) is 28.1 Å². The van der Waals surface area contributed by atoms with Gasteiger partial charge in [0.05, 0.1) is 9.83 Å². The highest BCUT2D eigenvalue weighted by Gasteiger charge is 2.18. The molecule has 2 aromatic rings. The zero-order valence-corrected chi connectivity index (χ0v) is 16.1. The Kier molecular flexibility index (Phi) is 6.58. The molecule has 0 aliphatic carbocycles. The van der Waals surface area contributed by atoms with Gasteiger partial charge in [-0.1, -0.05) is 30.3 Å². The monoisotopic (exact) mass is 375 g/mol. The van der Waals surface area contributed by atoms with Crippen LogP contribution in [0.3, 0.4) is 0 Å². The van der Waals surface area contributed by atoms with Gasteiger partial charge in [0.2, 0.25) is 5.91 Å². The van der Waals surface area contributed by atoms with Crippen molar-refractivity contribution in [1.29, 1.82) is 0 Å². The molecule has 0 radical (unpaired) electrons. The molecule has 1 N–H and O–H groups in total. The molecule has 126 valence electrons. The van der Waals surface area contributed by atoms with Gasteiger partial charge in [-0.25, -0.2) is 0 Å². The molecule has 3 rings (SSSR count). The van der Waals surface area contributed by atoms with Crippen molar-refractivity contribution in [3.05, 3.63) is 60.2 Å². The van der Waals surface area contributed by atoms with E-state index in [9.17, 15) is 4.79 Å². The maximum absolute atomic E-state index is 12.5. The van der Waals surface area contributed by atoms with Crippen LogP contribution in [0.4, 0.5) is 5.69 Å². The summed E-state index contributed by atoms with van der Waals surface area (Å²) in [5.41, 5.74) is 2.19. The Labute approximate surface area is 156 Å². The number of hydrogen-bond donors (Lipinski definition) is 1. The van der Waals surface area contributed by atoms with Gasteiger partial charge in [0.25, 0.3) is 0 Å². The van der Waals surface area contributed by atoms with Crippen LogP contribution in [0.15, 0.2) is 59.5 Å². The summed E-state index contributed by atoms with van der Waals surface area (Å²) in [7, 11) is 0. The molecule has 5 heteroatoms. The SMILES string of the molecule is CC(Sc1ccccc1)C(=O)Nc1cccc(C2SCCCS2)c1. The Morgan fingerprint density at radius 3 is 2.62 bits per heavy atom. The first-order chi connectivity index (χ1) is 11.7. The van der Waals surface area contributed by atoms with Crippen LogP contribution >= 0.6 is 35.3 Å². The molecule has 1 aliphatic heterocycles. The number of anilines is 1. The number of carbonyl (C=O) groups excluding carboxylic acids is 1. The summed E-state index contributed by atoms with van der Waals surface area (Å²) >= 11 is 5.58. The van der Waals surface area contributed by atoms with E-state index >= 15 is 0 Å². The Hall–Kier alpha value is -1.04. The summed E-state index contributed by atoms with van der Waals surface area (Å²) in [5.74, 6) is 2.49. The summed E-state index contributed by atoms with van der Waals surface area (Å²) in [6, 6.07) is 18.3. The molecule has 24 heavy (non-hydrogen) atoms. The lowest BCUT2D eigenvalue weighted by Gasteiger charge is -2.21. The van der Waals surface area contributed by atoms with E-state index in [2.05, 4.69) is 17.4 Å². The van der Waals surface area contributed by atoms with Crippen molar-refractivity contribution in [1.82, 2.24) is 0 Å². The van der Waals surface area contributed by atoms with E-state index in [1.165, 1.54) is 23.5 Å². The van der Waals surface area contributed by atoms with E-state index in [-0.39, 0.29) is 11.2 Å². The van der Waals surface area contributed by atoms with Gasteiger partial charge in [0.15, 0.2) is 0 Å². The third kappa shape index (κ3) is 4.98. The molecule has 1 saturated heterocycles. The van der Waals surface area contributed by atoms with Crippen LogP contribution in [0.25, 0.3) is 0 Å². The zero-order valence-electron chi connectivity index (χ0n) is 13.6. The van der Waals surface area contributed by atoms with Crippen molar-refractivity contribution < 1.29 is 4.79 Å². The van der Waals surface area contributed by atoms with E-state index in [0.717, 1.165) is 10.6 Å². The van der Waals surface area contributed by atoms with Crippen LogP contribution in [0.1, 0.15) is 23.5 Å². The topological polar surface area (TPSA) is 29.1 Å². The minimum atomic E-state index is -0.130. The highest BCUT2D eigenvalue weighted by Crippen LogP contribution is 2.44. The molecule has 1 amide bonds. The van der Waals surface area contributed by atoms with Gasteiger partial charge < -0.3 is 5.32 Å². The average Bonchev–Trinajstić information content (AvgIpc) is 2.63. The van der Waals surface area contributed by atoms with Gasteiger partial charge in [-0.15, -0.1) is 35.3 Å². The number of hydrogen-bond acceptors (Lipinski definition) is 4. The van der Waals surface area contributed by atoms with Crippen molar-refractivity contribution in [2.24, 2.45) is 0 Å². The third-order valence-electron chi connectivity index (χ3n) is 3.68. The van der Waals surface area contributed by atoms with Crippen LogP contribution in [-0.4, -0.2) is 22.7 Å². The normalized spacial score (nSPS) is 16.5. The Bertz CT molecular complexity index is 671. The van der Waals surface area contributed by atoms with Gasteiger partial charge in [-0.3, -0.25) is 4.79 Å². The number of amides is 1. The Balaban J connectivity index is 1.61. The first kappa shape index (κ1) is 17.8. The van der Waals surface area contributed by atoms with Crippen molar-refractivity contribution in [3.8, 4) is 0 Å². The van der Waals surface area contributed by atoms with E-state index < -0.39 is 0 Å². The second-order valence-electron chi connectivity index (χ2n) is 5.61. The molecule has 0 bridgehead atoms. The van der Waals surface area contributed by atoms with Crippen LogP contribution < -0.4 is 5.32 Å². The second kappa shape index (κ2) is 8.88. The fourth-order valence-corrected chi connectivity index (χ4v) is 6.21. The molecule has 1 heterocycles. The minimum absolute atomic E-state index is 0.0463. The highest BCUT2D eigenvalue weighted by atomic mass is 32.2. The smallest absolute Gasteiger partial charge is 0.237 e. The molecule has 1 aliphatic rings. The first-order valence-corrected chi connectivity index (χ1v) is 11.1. The van der Waals surface area contributed by atoms with E-state index in [0.29, 0.717) is 4.58 Å². The van der Waals surface area contributed by atoms with E-state index in [1.807, 2.05) is 72.9 Å². The van der Waals surface area contributed by atoms with Gasteiger partial charge in [-0.2, -0.15) is 0 Å².